The molecule has 3 amide bonds. The lowest BCUT2D eigenvalue weighted by Crippen LogP contribution is -2.57. The summed E-state index contributed by atoms with van der Waals surface area (Å²) in [6.07, 6.45) is 2.61. The van der Waals surface area contributed by atoms with Crippen LogP contribution in [0.3, 0.4) is 0 Å². The lowest BCUT2D eigenvalue weighted by Gasteiger charge is -2.35. The topological polar surface area (TPSA) is 125 Å². The lowest BCUT2D eigenvalue weighted by molar-refractivity contribution is -0.155. The minimum absolute atomic E-state index is 0.122. The molecule has 9 nitrogen and oxygen atoms in total. The highest BCUT2D eigenvalue weighted by molar-refractivity contribution is 6.01. The maximum Gasteiger partial charge on any atom is 0.310 e. The first kappa shape index (κ1) is 24.0. The molecule has 2 aromatic carbocycles. The monoisotopic (exact) mass is 491 g/mol. The van der Waals surface area contributed by atoms with E-state index >= 15 is 0 Å². The van der Waals surface area contributed by atoms with Crippen molar-refractivity contribution in [1.29, 1.82) is 0 Å². The van der Waals surface area contributed by atoms with Gasteiger partial charge in [0.15, 0.2) is 0 Å². The average molecular weight is 492 g/mol. The van der Waals surface area contributed by atoms with Gasteiger partial charge in [-0.2, -0.15) is 0 Å². The van der Waals surface area contributed by atoms with Crippen LogP contribution in [0.15, 0.2) is 54.1 Å². The van der Waals surface area contributed by atoms with Gasteiger partial charge >= 0.3 is 5.97 Å². The fraction of sp³-hybridized carbons (Fsp3) is 0.407. The molecule has 5 unspecified atom stereocenters. The van der Waals surface area contributed by atoms with E-state index in [1.165, 1.54) is 0 Å². The summed E-state index contributed by atoms with van der Waals surface area (Å²) in [6.45, 7) is 1.94. The number of esters is 1. The van der Waals surface area contributed by atoms with Crippen LogP contribution in [0, 0.1) is 0 Å². The number of benzene rings is 2. The highest BCUT2D eigenvalue weighted by Gasteiger charge is 2.45. The molecule has 3 N–H and O–H groups in total. The second-order valence-corrected chi connectivity index (χ2v) is 9.77. The smallest absolute Gasteiger partial charge is 0.310 e. The molecule has 5 rings (SSSR count). The zero-order valence-corrected chi connectivity index (χ0v) is 20.0. The van der Waals surface area contributed by atoms with E-state index in [2.05, 4.69) is 16.7 Å². The van der Waals surface area contributed by atoms with E-state index in [0.29, 0.717) is 31.2 Å². The molecule has 0 radical (unpaired) electrons. The summed E-state index contributed by atoms with van der Waals surface area (Å²) >= 11 is 0. The second kappa shape index (κ2) is 9.73. The molecule has 3 heterocycles. The van der Waals surface area contributed by atoms with E-state index in [-0.39, 0.29) is 24.3 Å². The van der Waals surface area contributed by atoms with Crippen molar-refractivity contribution in [3.63, 3.8) is 0 Å². The van der Waals surface area contributed by atoms with Crippen LogP contribution in [0.1, 0.15) is 49.4 Å². The van der Waals surface area contributed by atoms with Crippen molar-refractivity contribution in [3.8, 4) is 0 Å². The van der Waals surface area contributed by atoms with Crippen molar-refractivity contribution in [2.75, 3.05) is 0 Å². The Morgan fingerprint density at radius 3 is 2.56 bits per heavy atom. The number of cyclic esters (lactones) is 1. The van der Waals surface area contributed by atoms with E-state index in [4.69, 9.17) is 4.74 Å². The maximum absolute atomic E-state index is 13.7. The molecule has 0 saturated carbocycles. The summed E-state index contributed by atoms with van der Waals surface area (Å²) < 4.78 is 4.71. The van der Waals surface area contributed by atoms with Crippen molar-refractivity contribution in [2.45, 2.75) is 69.5 Å². The number of nitrogens with one attached hydrogen (secondary N) is 2. The molecule has 9 heteroatoms. The molecule has 3 aliphatic rings. The number of aliphatic hydroxyl groups excluding tert-OH is 1. The van der Waals surface area contributed by atoms with Crippen molar-refractivity contribution in [2.24, 2.45) is 0 Å². The highest BCUT2D eigenvalue weighted by Crippen LogP contribution is 2.31. The Hall–Kier alpha value is -3.72. The third kappa shape index (κ3) is 4.70. The second-order valence-electron chi connectivity index (χ2n) is 9.77. The van der Waals surface area contributed by atoms with Crippen LogP contribution < -0.4 is 10.6 Å². The van der Waals surface area contributed by atoms with Gasteiger partial charge < -0.3 is 25.4 Å². The Morgan fingerprint density at radius 2 is 1.81 bits per heavy atom. The van der Waals surface area contributed by atoms with Gasteiger partial charge in [-0.05, 0) is 55.5 Å². The van der Waals surface area contributed by atoms with Gasteiger partial charge in [0.2, 0.25) is 18.1 Å². The van der Waals surface area contributed by atoms with Gasteiger partial charge in [0.05, 0.1) is 6.42 Å². The number of ether oxygens (including phenoxy) is 1. The Balaban J connectivity index is 1.35. The fourth-order valence-electron chi connectivity index (χ4n) is 5.35. The quantitative estimate of drug-likeness (QED) is 0.442. The minimum atomic E-state index is -1.40. The number of hydrogen-bond donors (Lipinski definition) is 3. The molecule has 0 spiro atoms. The number of hydrogen-bond acceptors (Lipinski definition) is 6. The van der Waals surface area contributed by atoms with E-state index in [1.807, 2.05) is 37.3 Å². The summed E-state index contributed by atoms with van der Waals surface area (Å²) in [7, 11) is 0. The van der Waals surface area contributed by atoms with Gasteiger partial charge in [-0.25, -0.2) is 0 Å². The molecule has 0 aromatic heterocycles. The fourth-order valence-corrected chi connectivity index (χ4v) is 5.35. The van der Waals surface area contributed by atoms with Crippen molar-refractivity contribution in [1.82, 2.24) is 15.5 Å². The van der Waals surface area contributed by atoms with Gasteiger partial charge in [0.1, 0.15) is 18.1 Å². The number of fused-ring (bicyclic) bond motifs is 2. The molecular formula is C27H29N3O6. The lowest BCUT2D eigenvalue weighted by atomic mass is 9.98. The Morgan fingerprint density at radius 1 is 1.03 bits per heavy atom. The molecule has 36 heavy (non-hydrogen) atoms. The molecule has 2 fully saturated rings. The Bertz CT molecular complexity index is 1260. The van der Waals surface area contributed by atoms with Crippen LogP contribution in [0.4, 0.5) is 0 Å². The first-order chi connectivity index (χ1) is 17.3. The summed E-state index contributed by atoms with van der Waals surface area (Å²) in [5.41, 5.74) is 1.46. The minimum Gasteiger partial charge on any atom is -0.434 e. The SMILES string of the molecule is CC1=CCC2CCC(C(=O)NC3CC(=O)OC3O)N2C(=O)C(NC(=O)c2ccc3ccccc3c2)C1. The molecular weight excluding hydrogens is 462 g/mol. The standard InChI is InChI=1S/C27H29N3O6/c1-15-6-9-19-10-11-22(25(33)29-21-14-23(31)36-27(21)35)30(19)26(34)20(12-15)28-24(32)18-8-7-16-4-2-3-5-17(16)13-18/h2-8,13,19-22,27,35H,9-12,14H2,1H3,(H,28,32)(H,29,33). The molecule has 2 saturated heterocycles. The van der Waals surface area contributed by atoms with E-state index in [1.54, 1.807) is 17.0 Å². The van der Waals surface area contributed by atoms with Crippen molar-refractivity contribution < 1.29 is 29.0 Å². The normalized spacial score (nSPS) is 28.1. The van der Waals surface area contributed by atoms with Crippen LogP contribution in [-0.4, -0.2) is 64.2 Å². The van der Waals surface area contributed by atoms with E-state index < -0.39 is 36.3 Å². The molecule has 3 aliphatic heterocycles. The summed E-state index contributed by atoms with van der Waals surface area (Å²) in [5, 5.41) is 17.4. The predicted octanol–water partition coefficient (Wildman–Crippen LogP) is 1.79. The number of carbonyl (C=O) groups excluding carboxylic acids is 4. The molecule has 0 aliphatic carbocycles. The number of amides is 3. The highest BCUT2D eigenvalue weighted by atomic mass is 16.6. The number of carbonyl (C=O) groups is 4. The van der Waals surface area contributed by atoms with E-state index in [0.717, 1.165) is 16.3 Å². The van der Waals surface area contributed by atoms with Crippen molar-refractivity contribution in [3.05, 3.63) is 59.7 Å². The third-order valence-electron chi connectivity index (χ3n) is 7.25. The van der Waals surface area contributed by atoms with Gasteiger partial charge in [-0.1, -0.05) is 42.0 Å². The zero-order chi connectivity index (χ0) is 25.4. The summed E-state index contributed by atoms with van der Waals surface area (Å²) in [6, 6.07) is 10.5. The van der Waals surface area contributed by atoms with Crippen LogP contribution in [0.2, 0.25) is 0 Å². The third-order valence-corrected chi connectivity index (χ3v) is 7.25. The Kier molecular flexibility index (Phi) is 6.49. The number of aliphatic hydroxyl groups is 1. The van der Waals surface area contributed by atoms with Gasteiger partial charge in [-0.3, -0.25) is 19.2 Å². The average Bonchev–Trinajstić information content (AvgIpc) is 3.42. The van der Waals surface area contributed by atoms with Crippen LogP contribution in [0.5, 0.6) is 0 Å². The van der Waals surface area contributed by atoms with Crippen LogP contribution in [-0.2, 0) is 19.1 Å². The summed E-state index contributed by atoms with van der Waals surface area (Å²) in [4.78, 5) is 53.0. The molecule has 0 bridgehead atoms. The number of nitrogens with zero attached hydrogens (tertiary/aromatic N) is 1. The van der Waals surface area contributed by atoms with Crippen molar-refractivity contribution >= 4 is 34.5 Å². The Labute approximate surface area is 208 Å². The van der Waals surface area contributed by atoms with E-state index in [9.17, 15) is 24.3 Å². The van der Waals surface area contributed by atoms with Gasteiger partial charge in [-0.15, -0.1) is 0 Å². The number of rotatable bonds is 4. The predicted molar refractivity (Wildman–Crippen MR) is 130 cm³/mol. The van der Waals surface area contributed by atoms with Gasteiger partial charge in [0.25, 0.3) is 5.91 Å². The molecule has 5 atom stereocenters. The molecule has 188 valence electrons. The maximum atomic E-state index is 13.7. The van der Waals surface area contributed by atoms with Crippen LogP contribution in [0.25, 0.3) is 10.8 Å². The zero-order valence-electron chi connectivity index (χ0n) is 20.0. The molecule has 2 aromatic rings. The summed E-state index contributed by atoms with van der Waals surface area (Å²) in [5.74, 6) is -1.68. The van der Waals surface area contributed by atoms with Crippen LogP contribution >= 0.6 is 0 Å². The first-order valence-electron chi connectivity index (χ1n) is 12.3. The van der Waals surface area contributed by atoms with Gasteiger partial charge in [0, 0.05) is 11.6 Å². The first-order valence-corrected chi connectivity index (χ1v) is 12.3. The largest absolute Gasteiger partial charge is 0.434 e.